The maximum Gasteiger partial charge on any atom is 0.300 e. The normalized spacial score (nSPS) is 10.4. The van der Waals surface area contributed by atoms with Gasteiger partial charge in [0.25, 0.3) is 0 Å². The van der Waals surface area contributed by atoms with Crippen LogP contribution in [0.2, 0.25) is 0 Å². The number of hydrogen-bond donors (Lipinski definition) is 2. The summed E-state index contributed by atoms with van der Waals surface area (Å²) in [7, 11) is 0. The predicted octanol–water partition coefficient (Wildman–Crippen LogP) is 1.80. The van der Waals surface area contributed by atoms with Gasteiger partial charge in [0.15, 0.2) is 5.76 Å². The molecule has 2 rings (SSSR count). The van der Waals surface area contributed by atoms with Crippen molar-refractivity contribution in [1.82, 2.24) is 5.43 Å². The number of hydrogen-bond acceptors (Lipinski definition) is 3. The molecule has 3 N–H and O–H groups in total. The molecule has 0 aliphatic rings. The molecule has 5 heteroatoms. The Labute approximate surface area is 88.2 Å². The zero-order valence-electron chi connectivity index (χ0n) is 7.08. The smallest absolute Gasteiger partial charge is 0.300 e. The lowest BCUT2D eigenvalue weighted by atomic mass is 10.2. The van der Waals surface area contributed by atoms with Gasteiger partial charge in [-0.25, -0.2) is 5.84 Å². The summed E-state index contributed by atoms with van der Waals surface area (Å²) in [5.74, 6) is 4.76. The van der Waals surface area contributed by atoms with Crippen LogP contribution in [0, 0.1) is 0 Å². The Morgan fingerprint density at radius 3 is 2.93 bits per heavy atom. The quantitative estimate of drug-likeness (QED) is 0.463. The van der Waals surface area contributed by atoms with Gasteiger partial charge in [-0.1, -0.05) is 15.9 Å². The summed E-state index contributed by atoms with van der Waals surface area (Å²) in [5, 5.41) is 0.859. The monoisotopic (exact) mass is 254 g/mol. The van der Waals surface area contributed by atoms with Crippen LogP contribution in [-0.4, -0.2) is 5.91 Å². The molecule has 1 heterocycles. The summed E-state index contributed by atoms with van der Waals surface area (Å²) < 4.78 is 6.20. The van der Waals surface area contributed by atoms with Gasteiger partial charge in [0.1, 0.15) is 5.58 Å². The Kier molecular flexibility index (Phi) is 2.26. The summed E-state index contributed by atoms with van der Waals surface area (Å²) in [5.41, 5.74) is 2.67. The van der Waals surface area contributed by atoms with Crippen molar-refractivity contribution < 1.29 is 9.21 Å². The largest absolute Gasteiger partial charge is 0.451 e. The number of halogens is 1. The topological polar surface area (TPSA) is 68.3 Å². The summed E-state index contributed by atoms with van der Waals surface area (Å²) in [6.45, 7) is 0. The van der Waals surface area contributed by atoms with E-state index in [0.717, 1.165) is 9.86 Å². The van der Waals surface area contributed by atoms with E-state index in [0.29, 0.717) is 5.58 Å². The molecule has 0 saturated carbocycles. The van der Waals surface area contributed by atoms with Crippen molar-refractivity contribution in [3.63, 3.8) is 0 Å². The molecular weight excluding hydrogens is 248 g/mol. The van der Waals surface area contributed by atoms with E-state index in [1.807, 2.05) is 17.6 Å². The predicted molar refractivity (Wildman–Crippen MR) is 55.6 cm³/mol. The van der Waals surface area contributed by atoms with E-state index in [2.05, 4.69) is 15.9 Å². The third-order valence-corrected chi connectivity index (χ3v) is 2.33. The summed E-state index contributed by atoms with van der Waals surface area (Å²) in [4.78, 5) is 11.1. The van der Waals surface area contributed by atoms with Crippen LogP contribution in [-0.2, 0) is 0 Å². The standard InChI is InChI=1S/C9H7BrN2O2/c10-6-1-2-7-5(3-6)4-8(14-7)9(13)12-11/h1-4H,11H2,(H,12,13). The molecule has 0 fully saturated rings. The molecule has 0 saturated heterocycles. The minimum absolute atomic E-state index is 0.209. The Hall–Kier alpha value is -1.33. The third-order valence-electron chi connectivity index (χ3n) is 1.83. The van der Waals surface area contributed by atoms with Gasteiger partial charge in [0, 0.05) is 9.86 Å². The van der Waals surface area contributed by atoms with Crippen LogP contribution in [0.1, 0.15) is 10.6 Å². The van der Waals surface area contributed by atoms with Crippen LogP contribution in [0.4, 0.5) is 0 Å². The van der Waals surface area contributed by atoms with Crippen LogP contribution in [0.5, 0.6) is 0 Å². The molecule has 0 spiro atoms. The van der Waals surface area contributed by atoms with E-state index in [9.17, 15) is 4.79 Å². The molecule has 0 bridgehead atoms. The fourth-order valence-electron chi connectivity index (χ4n) is 1.20. The molecule has 1 amide bonds. The van der Waals surface area contributed by atoms with Gasteiger partial charge >= 0.3 is 5.91 Å². The average molecular weight is 255 g/mol. The van der Waals surface area contributed by atoms with Crippen molar-refractivity contribution in [1.29, 1.82) is 0 Å². The number of fused-ring (bicyclic) bond motifs is 1. The van der Waals surface area contributed by atoms with Crippen molar-refractivity contribution in [2.24, 2.45) is 5.84 Å². The molecule has 1 aromatic heterocycles. The van der Waals surface area contributed by atoms with Crippen molar-refractivity contribution in [2.45, 2.75) is 0 Å². The number of amides is 1. The minimum Gasteiger partial charge on any atom is -0.451 e. The van der Waals surface area contributed by atoms with E-state index < -0.39 is 5.91 Å². The Balaban J connectivity index is 2.56. The molecule has 14 heavy (non-hydrogen) atoms. The highest BCUT2D eigenvalue weighted by Gasteiger charge is 2.10. The summed E-state index contributed by atoms with van der Waals surface area (Å²) in [6.07, 6.45) is 0. The Morgan fingerprint density at radius 2 is 2.21 bits per heavy atom. The summed E-state index contributed by atoms with van der Waals surface area (Å²) in [6, 6.07) is 7.14. The number of carbonyl (C=O) groups excluding carboxylic acids is 1. The number of hydrazine groups is 1. The molecular formula is C9H7BrN2O2. The highest BCUT2D eigenvalue weighted by Crippen LogP contribution is 2.23. The van der Waals surface area contributed by atoms with Gasteiger partial charge in [-0.15, -0.1) is 0 Å². The van der Waals surface area contributed by atoms with Gasteiger partial charge in [-0.05, 0) is 24.3 Å². The molecule has 0 unspecified atom stereocenters. The fraction of sp³-hybridized carbons (Fsp3) is 0. The number of carbonyl (C=O) groups is 1. The summed E-state index contributed by atoms with van der Waals surface area (Å²) >= 11 is 3.33. The highest BCUT2D eigenvalue weighted by molar-refractivity contribution is 9.10. The van der Waals surface area contributed by atoms with Crippen molar-refractivity contribution >= 4 is 32.8 Å². The number of nitrogens with two attached hydrogens (primary N) is 1. The molecule has 0 aliphatic carbocycles. The van der Waals surface area contributed by atoms with Crippen LogP contribution in [0.25, 0.3) is 11.0 Å². The van der Waals surface area contributed by atoms with Gasteiger partial charge in [0.05, 0.1) is 0 Å². The van der Waals surface area contributed by atoms with Crippen molar-refractivity contribution in [3.8, 4) is 0 Å². The molecule has 0 radical (unpaired) electrons. The zero-order valence-corrected chi connectivity index (χ0v) is 8.67. The Morgan fingerprint density at radius 1 is 1.43 bits per heavy atom. The van der Waals surface area contributed by atoms with E-state index >= 15 is 0 Å². The molecule has 2 aromatic rings. The lowest BCUT2D eigenvalue weighted by Gasteiger charge is -1.91. The first-order valence-electron chi connectivity index (χ1n) is 3.91. The second kappa shape index (κ2) is 3.43. The highest BCUT2D eigenvalue weighted by atomic mass is 79.9. The number of furan rings is 1. The number of nitrogen functional groups attached to an aromatic ring is 1. The van der Waals surface area contributed by atoms with Gasteiger partial charge in [-0.3, -0.25) is 10.2 Å². The first-order chi connectivity index (χ1) is 6.70. The van der Waals surface area contributed by atoms with Gasteiger partial charge < -0.3 is 4.42 Å². The van der Waals surface area contributed by atoms with Crippen LogP contribution in [0.3, 0.4) is 0 Å². The number of nitrogens with one attached hydrogen (secondary N) is 1. The van der Waals surface area contributed by atoms with E-state index in [1.54, 1.807) is 12.1 Å². The lowest BCUT2D eigenvalue weighted by Crippen LogP contribution is -2.29. The van der Waals surface area contributed by atoms with E-state index in [4.69, 9.17) is 10.3 Å². The maximum absolute atomic E-state index is 11.1. The maximum atomic E-state index is 11.1. The van der Waals surface area contributed by atoms with Crippen LogP contribution < -0.4 is 11.3 Å². The number of rotatable bonds is 1. The van der Waals surface area contributed by atoms with E-state index in [-0.39, 0.29) is 5.76 Å². The lowest BCUT2D eigenvalue weighted by molar-refractivity contribution is 0.0928. The van der Waals surface area contributed by atoms with Gasteiger partial charge in [-0.2, -0.15) is 0 Å². The molecule has 4 nitrogen and oxygen atoms in total. The second-order valence-corrected chi connectivity index (χ2v) is 3.68. The number of benzene rings is 1. The fourth-order valence-corrected chi connectivity index (χ4v) is 1.58. The Bertz CT molecular complexity index is 493. The second-order valence-electron chi connectivity index (χ2n) is 2.77. The van der Waals surface area contributed by atoms with Gasteiger partial charge in [0.2, 0.25) is 0 Å². The molecule has 72 valence electrons. The van der Waals surface area contributed by atoms with E-state index in [1.165, 1.54) is 0 Å². The third kappa shape index (κ3) is 1.51. The van der Waals surface area contributed by atoms with Crippen LogP contribution >= 0.6 is 15.9 Å². The van der Waals surface area contributed by atoms with Crippen molar-refractivity contribution in [3.05, 3.63) is 34.5 Å². The first-order valence-corrected chi connectivity index (χ1v) is 4.70. The SMILES string of the molecule is NNC(=O)c1cc2cc(Br)ccc2o1. The minimum atomic E-state index is -0.433. The average Bonchev–Trinajstić information content (AvgIpc) is 2.59. The van der Waals surface area contributed by atoms with Crippen LogP contribution in [0.15, 0.2) is 33.2 Å². The molecule has 1 aromatic carbocycles. The molecule has 0 atom stereocenters. The first kappa shape index (κ1) is 9.23. The van der Waals surface area contributed by atoms with Crippen molar-refractivity contribution in [2.75, 3.05) is 0 Å². The molecule has 0 aliphatic heterocycles. The zero-order chi connectivity index (χ0) is 10.1.